The first-order chi connectivity index (χ1) is 8.88. The number of pyridine rings is 1. The summed E-state index contributed by atoms with van der Waals surface area (Å²) in [6.45, 7) is 5.11. The summed E-state index contributed by atoms with van der Waals surface area (Å²) in [4.78, 5) is 19.7. The fourth-order valence-electron chi connectivity index (χ4n) is 1.50. The highest BCUT2D eigenvalue weighted by atomic mass is 19.1. The predicted molar refractivity (Wildman–Crippen MR) is 63.7 cm³/mol. The molecule has 19 heavy (non-hydrogen) atoms. The number of rotatable bonds is 3. The normalized spacial score (nSPS) is 11.4. The van der Waals surface area contributed by atoms with E-state index in [0.717, 1.165) is 12.3 Å². The number of hydrogen-bond donors (Lipinski definition) is 1. The zero-order chi connectivity index (χ0) is 14.0. The zero-order valence-electron chi connectivity index (χ0n) is 10.8. The Morgan fingerprint density at radius 1 is 1.42 bits per heavy atom. The highest BCUT2D eigenvalue weighted by molar-refractivity contribution is 5.94. The molecule has 2 aromatic rings. The molecule has 0 radical (unpaired) electrons. The zero-order valence-corrected chi connectivity index (χ0v) is 10.8. The van der Waals surface area contributed by atoms with E-state index in [4.69, 9.17) is 4.52 Å². The Hall–Kier alpha value is -2.31. The summed E-state index contributed by atoms with van der Waals surface area (Å²) in [7, 11) is 0. The van der Waals surface area contributed by atoms with Gasteiger partial charge in [-0.2, -0.15) is 4.98 Å². The quantitative estimate of drug-likeness (QED) is 0.910. The molecule has 0 saturated carbocycles. The molecule has 0 aromatic carbocycles. The Bertz CT molecular complexity index is 609. The maximum absolute atomic E-state index is 13.0. The third kappa shape index (κ3) is 2.93. The molecule has 0 aliphatic heterocycles. The fourth-order valence-corrected chi connectivity index (χ4v) is 1.50. The van der Waals surface area contributed by atoms with Gasteiger partial charge in [0.05, 0.1) is 11.8 Å². The maximum Gasteiger partial charge on any atom is 0.253 e. The van der Waals surface area contributed by atoms with Gasteiger partial charge < -0.3 is 9.84 Å². The number of aromatic nitrogens is 3. The summed E-state index contributed by atoms with van der Waals surface area (Å²) in [6.07, 6.45) is 2.32. The van der Waals surface area contributed by atoms with Gasteiger partial charge in [-0.15, -0.1) is 0 Å². The van der Waals surface area contributed by atoms with Gasteiger partial charge >= 0.3 is 0 Å². The van der Waals surface area contributed by atoms with Crippen LogP contribution < -0.4 is 5.32 Å². The highest BCUT2D eigenvalue weighted by Gasteiger charge is 2.29. The second kappa shape index (κ2) is 4.75. The first kappa shape index (κ1) is 13.1. The minimum absolute atomic E-state index is 0.129. The molecule has 0 bridgehead atoms. The molecule has 1 amide bonds. The van der Waals surface area contributed by atoms with Crippen molar-refractivity contribution in [2.24, 2.45) is 0 Å². The molecule has 0 atom stereocenters. The summed E-state index contributed by atoms with van der Waals surface area (Å²) < 4.78 is 18.0. The number of amides is 1. The van der Waals surface area contributed by atoms with Gasteiger partial charge in [0.2, 0.25) is 0 Å². The van der Waals surface area contributed by atoms with E-state index in [2.05, 4.69) is 20.4 Å². The van der Waals surface area contributed by atoms with Crippen molar-refractivity contribution < 1.29 is 13.7 Å². The van der Waals surface area contributed by atoms with E-state index in [-0.39, 0.29) is 11.5 Å². The number of carbonyl (C=O) groups is 1. The largest absolute Gasteiger partial charge is 0.338 e. The van der Waals surface area contributed by atoms with Gasteiger partial charge in [0.1, 0.15) is 11.4 Å². The second-order valence-electron chi connectivity index (χ2n) is 4.62. The number of carbonyl (C=O) groups excluding carboxylic acids is 1. The lowest BCUT2D eigenvalue weighted by molar-refractivity contribution is 0.0894. The molecule has 2 aromatic heterocycles. The van der Waals surface area contributed by atoms with Gasteiger partial charge in [0, 0.05) is 6.20 Å². The standard InChI is InChI=1S/C12H13FN4O2/c1-7-15-11(19-17-7)12(2,3)16-10(18)8-4-9(13)6-14-5-8/h4-6H,1-3H3,(H,16,18). The topological polar surface area (TPSA) is 80.9 Å². The van der Waals surface area contributed by atoms with Gasteiger partial charge in [0.25, 0.3) is 11.8 Å². The van der Waals surface area contributed by atoms with Crippen LogP contribution in [-0.4, -0.2) is 21.0 Å². The van der Waals surface area contributed by atoms with Crippen LogP contribution in [0.4, 0.5) is 4.39 Å². The molecule has 0 fully saturated rings. The van der Waals surface area contributed by atoms with Gasteiger partial charge in [0.15, 0.2) is 5.82 Å². The van der Waals surface area contributed by atoms with Crippen molar-refractivity contribution in [1.82, 2.24) is 20.4 Å². The molecular formula is C12H13FN4O2. The number of nitrogens with zero attached hydrogens (tertiary/aromatic N) is 3. The van der Waals surface area contributed by atoms with Crippen LogP contribution in [0.3, 0.4) is 0 Å². The average molecular weight is 264 g/mol. The van der Waals surface area contributed by atoms with Crippen LogP contribution >= 0.6 is 0 Å². The summed E-state index contributed by atoms with van der Waals surface area (Å²) in [5.41, 5.74) is -0.727. The molecule has 0 aliphatic carbocycles. The molecule has 7 heteroatoms. The first-order valence-corrected chi connectivity index (χ1v) is 5.62. The smallest absolute Gasteiger partial charge is 0.253 e. The minimum atomic E-state index is -0.856. The lowest BCUT2D eigenvalue weighted by Crippen LogP contribution is -2.41. The van der Waals surface area contributed by atoms with E-state index in [1.54, 1.807) is 20.8 Å². The Kier molecular flexibility index (Phi) is 3.28. The van der Waals surface area contributed by atoms with Crippen molar-refractivity contribution in [3.63, 3.8) is 0 Å². The van der Waals surface area contributed by atoms with E-state index >= 15 is 0 Å². The van der Waals surface area contributed by atoms with E-state index in [1.165, 1.54) is 6.20 Å². The molecule has 0 saturated heterocycles. The SMILES string of the molecule is Cc1noc(C(C)(C)NC(=O)c2cncc(F)c2)n1. The van der Waals surface area contributed by atoms with Crippen LogP contribution in [0.5, 0.6) is 0 Å². The molecule has 6 nitrogen and oxygen atoms in total. The number of aryl methyl sites for hydroxylation is 1. The van der Waals surface area contributed by atoms with Crippen molar-refractivity contribution in [2.75, 3.05) is 0 Å². The Labute approximate surface area is 109 Å². The van der Waals surface area contributed by atoms with Crippen molar-refractivity contribution >= 4 is 5.91 Å². The Morgan fingerprint density at radius 3 is 2.74 bits per heavy atom. The molecule has 0 unspecified atom stereocenters. The maximum atomic E-state index is 13.0. The summed E-state index contributed by atoms with van der Waals surface area (Å²) >= 11 is 0. The van der Waals surface area contributed by atoms with E-state index in [1.807, 2.05) is 0 Å². The van der Waals surface area contributed by atoms with Gasteiger partial charge in [-0.1, -0.05) is 5.16 Å². The van der Waals surface area contributed by atoms with Crippen molar-refractivity contribution in [3.05, 3.63) is 41.6 Å². The van der Waals surface area contributed by atoms with Gasteiger partial charge in [-0.3, -0.25) is 9.78 Å². The molecule has 0 spiro atoms. The van der Waals surface area contributed by atoms with E-state index < -0.39 is 17.3 Å². The number of halogens is 1. The first-order valence-electron chi connectivity index (χ1n) is 5.62. The van der Waals surface area contributed by atoms with Gasteiger partial charge in [-0.25, -0.2) is 4.39 Å². The van der Waals surface area contributed by atoms with Crippen molar-refractivity contribution in [1.29, 1.82) is 0 Å². The average Bonchev–Trinajstić information content (AvgIpc) is 2.76. The molecule has 0 aliphatic rings. The Morgan fingerprint density at radius 2 is 2.16 bits per heavy atom. The van der Waals surface area contributed by atoms with Gasteiger partial charge in [-0.05, 0) is 26.8 Å². The van der Waals surface area contributed by atoms with Crippen LogP contribution in [0.25, 0.3) is 0 Å². The molecule has 100 valence electrons. The minimum Gasteiger partial charge on any atom is -0.338 e. The van der Waals surface area contributed by atoms with Crippen molar-refractivity contribution in [2.45, 2.75) is 26.3 Å². The van der Waals surface area contributed by atoms with Crippen LogP contribution in [0.15, 0.2) is 23.0 Å². The summed E-state index contributed by atoms with van der Waals surface area (Å²) in [5, 5.41) is 6.35. The number of hydrogen-bond acceptors (Lipinski definition) is 5. The number of nitrogens with one attached hydrogen (secondary N) is 1. The highest BCUT2D eigenvalue weighted by Crippen LogP contribution is 2.18. The van der Waals surface area contributed by atoms with E-state index in [9.17, 15) is 9.18 Å². The Balaban J connectivity index is 2.18. The van der Waals surface area contributed by atoms with Crippen LogP contribution in [0.2, 0.25) is 0 Å². The van der Waals surface area contributed by atoms with E-state index in [0.29, 0.717) is 5.82 Å². The third-order valence-electron chi connectivity index (χ3n) is 2.46. The molecular weight excluding hydrogens is 251 g/mol. The third-order valence-corrected chi connectivity index (χ3v) is 2.46. The molecule has 2 rings (SSSR count). The summed E-state index contributed by atoms with van der Waals surface area (Å²) in [5.74, 6) is -0.278. The lowest BCUT2D eigenvalue weighted by Gasteiger charge is -2.21. The van der Waals surface area contributed by atoms with Crippen molar-refractivity contribution in [3.8, 4) is 0 Å². The van der Waals surface area contributed by atoms with Crippen LogP contribution in [-0.2, 0) is 5.54 Å². The fraction of sp³-hybridized carbons (Fsp3) is 0.333. The summed E-state index contributed by atoms with van der Waals surface area (Å²) in [6, 6.07) is 1.11. The molecule has 2 heterocycles. The lowest BCUT2D eigenvalue weighted by atomic mass is 10.1. The predicted octanol–water partition coefficient (Wildman–Crippen LogP) is 1.58. The second-order valence-corrected chi connectivity index (χ2v) is 4.62. The molecule has 1 N–H and O–H groups in total. The van der Waals surface area contributed by atoms with Crippen LogP contribution in [0, 0.1) is 12.7 Å². The van der Waals surface area contributed by atoms with Crippen LogP contribution in [0.1, 0.15) is 35.9 Å². The monoisotopic (exact) mass is 264 g/mol.